The normalized spacial score (nSPS) is 10.0. The van der Waals surface area contributed by atoms with Crippen molar-refractivity contribution < 1.29 is 13.6 Å². The lowest BCUT2D eigenvalue weighted by molar-refractivity contribution is 0.251. The Bertz CT molecular complexity index is 573. The van der Waals surface area contributed by atoms with Crippen LogP contribution in [0.2, 0.25) is 0 Å². The maximum absolute atomic E-state index is 13.3. The van der Waals surface area contributed by atoms with E-state index >= 15 is 0 Å². The van der Waals surface area contributed by atoms with E-state index in [0.717, 1.165) is 23.8 Å². The number of hydrogen-bond donors (Lipinski definition) is 2. The van der Waals surface area contributed by atoms with Crippen LogP contribution in [0.5, 0.6) is 0 Å². The summed E-state index contributed by atoms with van der Waals surface area (Å²) in [5.74, 6) is -1.30. The zero-order valence-corrected chi connectivity index (χ0v) is 9.99. The Labute approximate surface area is 109 Å². The Hall–Kier alpha value is -2.43. The van der Waals surface area contributed by atoms with E-state index < -0.39 is 17.7 Å². The summed E-state index contributed by atoms with van der Waals surface area (Å²) < 4.78 is 26.2. The average Bonchev–Trinajstić information content (AvgIpc) is 2.42. The van der Waals surface area contributed by atoms with Crippen LogP contribution in [0.25, 0.3) is 0 Å². The second kappa shape index (κ2) is 5.95. The number of urea groups is 1. The fraction of sp³-hybridized carbons (Fsp3) is 0.0714. The third kappa shape index (κ3) is 3.77. The second-order valence-corrected chi connectivity index (χ2v) is 3.92. The highest BCUT2D eigenvalue weighted by Gasteiger charge is 2.07. The van der Waals surface area contributed by atoms with Crippen molar-refractivity contribution in [3.8, 4) is 0 Å². The lowest BCUT2D eigenvalue weighted by Crippen LogP contribution is -2.28. The van der Waals surface area contributed by atoms with Gasteiger partial charge in [0, 0.05) is 12.6 Å². The summed E-state index contributed by atoms with van der Waals surface area (Å²) in [4.78, 5) is 11.5. The van der Waals surface area contributed by atoms with Gasteiger partial charge in [-0.2, -0.15) is 0 Å². The van der Waals surface area contributed by atoms with Crippen molar-refractivity contribution in [3.63, 3.8) is 0 Å². The molecule has 0 unspecified atom stereocenters. The van der Waals surface area contributed by atoms with E-state index in [-0.39, 0.29) is 5.69 Å². The Morgan fingerprint density at radius 3 is 2.53 bits per heavy atom. The Kier molecular flexibility index (Phi) is 4.07. The highest BCUT2D eigenvalue weighted by molar-refractivity contribution is 5.89. The van der Waals surface area contributed by atoms with Gasteiger partial charge in [-0.1, -0.05) is 30.3 Å². The minimum absolute atomic E-state index is 0.189. The second-order valence-electron chi connectivity index (χ2n) is 3.92. The SMILES string of the molecule is O=C(NCc1ccccc1)Nc1cc(F)ccc1F. The zero-order chi connectivity index (χ0) is 13.7. The van der Waals surface area contributed by atoms with Gasteiger partial charge in [0.15, 0.2) is 0 Å². The van der Waals surface area contributed by atoms with Gasteiger partial charge in [0.25, 0.3) is 0 Å². The molecule has 0 spiro atoms. The van der Waals surface area contributed by atoms with E-state index in [1.165, 1.54) is 0 Å². The molecule has 0 fully saturated rings. The predicted octanol–water partition coefficient (Wildman–Crippen LogP) is 3.29. The van der Waals surface area contributed by atoms with E-state index in [1.807, 2.05) is 30.3 Å². The largest absolute Gasteiger partial charge is 0.334 e. The molecule has 2 N–H and O–H groups in total. The fourth-order valence-electron chi connectivity index (χ4n) is 1.54. The van der Waals surface area contributed by atoms with Crippen molar-refractivity contribution in [2.24, 2.45) is 0 Å². The number of carbonyl (C=O) groups excluding carboxylic acids is 1. The van der Waals surface area contributed by atoms with E-state index in [1.54, 1.807) is 0 Å². The summed E-state index contributed by atoms with van der Waals surface area (Å²) in [6.07, 6.45) is 0. The number of carbonyl (C=O) groups is 1. The van der Waals surface area contributed by atoms with Crippen molar-refractivity contribution in [3.05, 3.63) is 65.7 Å². The lowest BCUT2D eigenvalue weighted by atomic mass is 10.2. The molecule has 0 aliphatic rings. The summed E-state index contributed by atoms with van der Waals surface area (Å²) in [7, 11) is 0. The number of benzene rings is 2. The summed E-state index contributed by atoms with van der Waals surface area (Å²) in [5.41, 5.74) is 0.725. The predicted molar refractivity (Wildman–Crippen MR) is 68.7 cm³/mol. The van der Waals surface area contributed by atoms with E-state index in [4.69, 9.17) is 0 Å². The average molecular weight is 262 g/mol. The summed E-state index contributed by atoms with van der Waals surface area (Å²) in [6.45, 7) is 0.309. The molecule has 19 heavy (non-hydrogen) atoms. The van der Waals surface area contributed by atoms with Crippen molar-refractivity contribution >= 4 is 11.7 Å². The fourth-order valence-corrected chi connectivity index (χ4v) is 1.54. The van der Waals surface area contributed by atoms with Crippen molar-refractivity contribution in [2.75, 3.05) is 5.32 Å². The summed E-state index contributed by atoms with van der Waals surface area (Å²) in [6, 6.07) is 11.6. The molecule has 5 heteroatoms. The minimum Gasteiger partial charge on any atom is -0.334 e. The standard InChI is InChI=1S/C14H12F2N2O/c15-11-6-7-12(16)13(8-11)18-14(19)17-9-10-4-2-1-3-5-10/h1-8H,9H2,(H2,17,18,19). The molecule has 0 bridgehead atoms. The van der Waals surface area contributed by atoms with Crippen LogP contribution in [0, 0.1) is 11.6 Å². The third-order valence-corrected chi connectivity index (χ3v) is 2.47. The van der Waals surface area contributed by atoms with Gasteiger partial charge >= 0.3 is 6.03 Å². The van der Waals surface area contributed by atoms with Crippen molar-refractivity contribution in [1.82, 2.24) is 5.32 Å². The van der Waals surface area contributed by atoms with Gasteiger partial charge in [0.1, 0.15) is 11.6 Å². The maximum atomic E-state index is 13.3. The molecule has 2 aromatic rings. The first-order chi connectivity index (χ1) is 9.15. The number of anilines is 1. The van der Waals surface area contributed by atoms with E-state index in [9.17, 15) is 13.6 Å². The third-order valence-electron chi connectivity index (χ3n) is 2.47. The van der Waals surface area contributed by atoms with Crippen molar-refractivity contribution in [2.45, 2.75) is 6.54 Å². The van der Waals surface area contributed by atoms with Crippen LogP contribution in [0.1, 0.15) is 5.56 Å². The molecule has 2 rings (SSSR count). The van der Waals surface area contributed by atoms with Crippen LogP contribution in [0.3, 0.4) is 0 Å². The van der Waals surface area contributed by atoms with Gasteiger partial charge in [-0.3, -0.25) is 0 Å². The molecule has 0 aliphatic carbocycles. The first-order valence-corrected chi connectivity index (χ1v) is 5.69. The Balaban J connectivity index is 1.93. The van der Waals surface area contributed by atoms with Crippen molar-refractivity contribution in [1.29, 1.82) is 0 Å². The molecule has 0 heterocycles. The van der Waals surface area contributed by atoms with Gasteiger partial charge in [-0.15, -0.1) is 0 Å². The minimum atomic E-state index is -0.684. The van der Waals surface area contributed by atoms with Crippen LogP contribution in [-0.2, 0) is 6.54 Å². The topological polar surface area (TPSA) is 41.1 Å². The molecule has 98 valence electrons. The summed E-state index contributed by atoms with van der Waals surface area (Å²) in [5, 5.41) is 4.81. The molecule has 2 amide bonds. The first-order valence-electron chi connectivity index (χ1n) is 5.69. The van der Waals surface area contributed by atoms with Crippen LogP contribution in [0.4, 0.5) is 19.3 Å². The van der Waals surface area contributed by atoms with Crippen LogP contribution < -0.4 is 10.6 Å². The molecule has 0 saturated carbocycles. The van der Waals surface area contributed by atoms with Gasteiger partial charge in [0.05, 0.1) is 5.69 Å². The smallest absolute Gasteiger partial charge is 0.319 e. The van der Waals surface area contributed by atoms with Crippen LogP contribution >= 0.6 is 0 Å². The number of amides is 2. The number of rotatable bonds is 3. The molecular formula is C14H12F2N2O. The molecule has 0 aromatic heterocycles. The molecular weight excluding hydrogens is 250 g/mol. The molecule has 3 nitrogen and oxygen atoms in total. The molecule has 0 radical (unpaired) electrons. The Morgan fingerprint density at radius 2 is 1.79 bits per heavy atom. The van der Waals surface area contributed by atoms with Gasteiger partial charge in [-0.05, 0) is 17.7 Å². The number of hydrogen-bond acceptors (Lipinski definition) is 1. The molecule has 0 saturated heterocycles. The first kappa shape index (κ1) is 13.0. The quantitative estimate of drug-likeness (QED) is 0.875. The molecule has 0 aliphatic heterocycles. The highest BCUT2D eigenvalue weighted by Crippen LogP contribution is 2.14. The Morgan fingerprint density at radius 1 is 1.05 bits per heavy atom. The highest BCUT2D eigenvalue weighted by atomic mass is 19.1. The van der Waals surface area contributed by atoms with Crippen LogP contribution in [-0.4, -0.2) is 6.03 Å². The molecule has 0 atom stereocenters. The zero-order valence-electron chi connectivity index (χ0n) is 9.99. The number of halogens is 2. The number of nitrogens with one attached hydrogen (secondary N) is 2. The maximum Gasteiger partial charge on any atom is 0.319 e. The summed E-state index contributed by atoms with van der Waals surface area (Å²) >= 11 is 0. The lowest BCUT2D eigenvalue weighted by Gasteiger charge is -2.08. The van der Waals surface area contributed by atoms with Crippen LogP contribution in [0.15, 0.2) is 48.5 Å². The van der Waals surface area contributed by atoms with Gasteiger partial charge in [0.2, 0.25) is 0 Å². The van der Waals surface area contributed by atoms with Gasteiger partial charge < -0.3 is 10.6 Å². The van der Waals surface area contributed by atoms with E-state index in [0.29, 0.717) is 6.54 Å². The van der Waals surface area contributed by atoms with Gasteiger partial charge in [-0.25, -0.2) is 13.6 Å². The monoisotopic (exact) mass is 262 g/mol. The van der Waals surface area contributed by atoms with E-state index in [2.05, 4.69) is 10.6 Å². The molecule has 2 aromatic carbocycles.